The first kappa shape index (κ1) is 23.2. The summed E-state index contributed by atoms with van der Waals surface area (Å²) in [6.07, 6.45) is 9.04. The van der Waals surface area contributed by atoms with Gasteiger partial charge in [0, 0.05) is 24.2 Å². The fraction of sp³-hybridized carbons (Fsp3) is 0.423. The zero-order chi connectivity index (χ0) is 22.2. The van der Waals surface area contributed by atoms with Gasteiger partial charge in [0.1, 0.15) is 5.75 Å². The van der Waals surface area contributed by atoms with Gasteiger partial charge in [-0.1, -0.05) is 18.2 Å². The van der Waals surface area contributed by atoms with E-state index in [-0.39, 0.29) is 6.04 Å². The quantitative estimate of drug-likeness (QED) is 0.500. The van der Waals surface area contributed by atoms with Crippen LogP contribution >= 0.6 is 0 Å². The molecule has 0 radical (unpaired) electrons. The molecule has 0 amide bonds. The number of fused-ring (bicyclic) bond motifs is 4. The Morgan fingerprint density at radius 3 is 2.61 bits per heavy atom. The van der Waals surface area contributed by atoms with E-state index in [1.165, 1.54) is 6.42 Å². The Labute approximate surface area is 185 Å². The number of aliphatic hydroxyl groups is 1. The van der Waals surface area contributed by atoms with Crippen molar-refractivity contribution in [2.45, 2.75) is 25.0 Å². The predicted octanol–water partition coefficient (Wildman–Crippen LogP) is 4.55. The Morgan fingerprint density at radius 2 is 2.00 bits per heavy atom. The van der Waals surface area contributed by atoms with Crippen LogP contribution in [0.25, 0.3) is 10.9 Å². The third-order valence-corrected chi connectivity index (χ3v) is 6.29. The van der Waals surface area contributed by atoms with Gasteiger partial charge in [-0.15, -0.1) is 19.7 Å². The van der Waals surface area contributed by atoms with E-state index >= 15 is 0 Å². The number of hydrogen-bond donors (Lipinski definition) is 1. The molecule has 0 saturated carbocycles. The zero-order valence-electron chi connectivity index (χ0n) is 18.5. The monoisotopic (exact) mass is 422 g/mol. The summed E-state index contributed by atoms with van der Waals surface area (Å²) >= 11 is 0. The van der Waals surface area contributed by atoms with Crippen LogP contribution in [0.4, 0.5) is 0 Å². The predicted molar refractivity (Wildman–Crippen MR) is 126 cm³/mol. The first-order chi connectivity index (χ1) is 15.1. The van der Waals surface area contributed by atoms with Crippen molar-refractivity contribution in [2.24, 2.45) is 11.8 Å². The number of piperidine rings is 3. The molecular weight excluding hydrogens is 388 g/mol. The second-order valence-electron chi connectivity index (χ2n) is 8.09. The number of nitrogens with zero attached hydrogens (tertiary/aromatic N) is 2. The van der Waals surface area contributed by atoms with Gasteiger partial charge in [0.2, 0.25) is 0 Å². The Morgan fingerprint density at radius 1 is 1.23 bits per heavy atom. The minimum Gasteiger partial charge on any atom is -0.497 e. The maximum absolute atomic E-state index is 11.2. The van der Waals surface area contributed by atoms with Crippen molar-refractivity contribution in [1.82, 2.24) is 9.88 Å². The zero-order valence-corrected chi connectivity index (χ0v) is 18.5. The number of rotatable bonds is 8. The Kier molecular flexibility index (Phi) is 8.41. The van der Waals surface area contributed by atoms with Gasteiger partial charge in [-0.25, -0.2) is 0 Å². The number of aliphatic hydroxyl groups excluding tert-OH is 1. The number of methoxy groups -OCH3 is 1. The standard InChI is InChI=1S/C20H24N2O2.C6H10O/c1-3-13-12-22-9-7-14(13)10-19(22)20(23)16-6-8-21-18-5-4-15(24-2)11-17(16)18;1-3-5-7-6-4-2/h3-6,8,11,13-14,19-20,23H,1,7,9-10,12H2,2H3;3-4H,1-2,5-6H2/t13-,14?,19-,20?;/m1./s1. The second-order valence-corrected chi connectivity index (χ2v) is 8.09. The molecule has 5 heteroatoms. The average molecular weight is 423 g/mol. The van der Waals surface area contributed by atoms with Gasteiger partial charge in [0.05, 0.1) is 31.9 Å². The Bertz CT molecular complexity index is 889. The lowest BCUT2D eigenvalue weighted by Crippen LogP contribution is -2.54. The lowest BCUT2D eigenvalue weighted by molar-refractivity contribution is -0.0444. The summed E-state index contributed by atoms with van der Waals surface area (Å²) in [6, 6.07) is 7.96. The van der Waals surface area contributed by atoms with Crippen molar-refractivity contribution in [2.75, 3.05) is 33.4 Å². The van der Waals surface area contributed by atoms with Gasteiger partial charge < -0.3 is 14.6 Å². The molecule has 3 aliphatic rings. The molecule has 1 aromatic carbocycles. The van der Waals surface area contributed by atoms with Crippen LogP contribution in [-0.4, -0.2) is 54.4 Å². The molecule has 2 aromatic rings. The number of hydrogen-bond acceptors (Lipinski definition) is 5. The molecule has 1 aromatic heterocycles. The van der Waals surface area contributed by atoms with Gasteiger partial charge in [0.15, 0.2) is 0 Å². The van der Waals surface area contributed by atoms with Crippen LogP contribution in [0.5, 0.6) is 5.75 Å². The molecule has 5 rings (SSSR count). The summed E-state index contributed by atoms with van der Waals surface area (Å²) in [4.78, 5) is 6.86. The maximum Gasteiger partial charge on any atom is 0.119 e. The number of ether oxygens (including phenoxy) is 2. The fourth-order valence-electron chi connectivity index (χ4n) is 4.68. The van der Waals surface area contributed by atoms with Crippen molar-refractivity contribution in [3.63, 3.8) is 0 Å². The molecule has 31 heavy (non-hydrogen) atoms. The van der Waals surface area contributed by atoms with Gasteiger partial charge in [0.25, 0.3) is 0 Å². The van der Waals surface area contributed by atoms with E-state index in [2.05, 4.69) is 35.7 Å². The summed E-state index contributed by atoms with van der Waals surface area (Å²) in [7, 11) is 1.66. The molecule has 1 N–H and O–H groups in total. The smallest absolute Gasteiger partial charge is 0.119 e. The van der Waals surface area contributed by atoms with Gasteiger partial charge in [-0.2, -0.15) is 0 Å². The molecule has 3 fully saturated rings. The van der Waals surface area contributed by atoms with E-state index in [1.807, 2.05) is 24.3 Å². The summed E-state index contributed by atoms with van der Waals surface area (Å²) in [5.41, 5.74) is 1.85. The first-order valence-electron chi connectivity index (χ1n) is 10.9. The lowest BCUT2D eigenvalue weighted by Gasteiger charge is -2.50. The average Bonchev–Trinajstić information content (AvgIpc) is 2.83. The third kappa shape index (κ3) is 5.42. The first-order valence-corrected chi connectivity index (χ1v) is 10.9. The minimum absolute atomic E-state index is 0.178. The summed E-state index contributed by atoms with van der Waals surface area (Å²) < 4.78 is 10.2. The van der Waals surface area contributed by atoms with E-state index in [0.717, 1.165) is 41.7 Å². The summed E-state index contributed by atoms with van der Waals surface area (Å²) in [6.45, 7) is 14.2. The molecule has 4 heterocycles. The Hall–Kier alpha value is -2.47. The fourth-order valence-corrected chi connectivity index (χ4v) is 4.68. The van der Waals surface area contributed by atoms with Crippen molar-refractivity contribution in [3.8, 4) is 5.75 Å². The topological polar surface area (TPSA) is 54.8 Å². The molecule has 3 unspecified atom stereocenters. The van der Waals surface area contributed by atoms with Crippen molar-refractivity contribution in [3.05, 3.63) is 74.0 Å². The van der Waals surface area contributed by atoms with E-state index in [0.29, 0.717) is 25.0 Å². The number of aromatic nitrogens is 1. The van der Waals surface area contributed by atoms with Crippen LogP contribution in [0.15, 0.2) is 68.4 Å². The molecule has 5 atom stereocenters. The SMILES string of the molecule is C=CCOCC=C.C=C[C@@H]1CN2CCC1C[C@@H]2C(O)c1ccnc2ccc(OC)cc12. The van der Waals surface area contributed by atoms with E-state index in [4.69, 9.17) is 9.47 Å². The normalized spacial score (nSPS) is 25.2. The van der Waals surface area contributed by atoms with Gasteiger partial charge in [-0.05, 0) is 61.1 Å². The molecule has 166 valence electrons. The van der Waals surface area contributed by atoms with Crippen molar-refractivity contribution < 1.29 is 14.6 Å². The molecule has 0 aliphatic carbocycles. The summed E-state index contributed by atoms with van der Waals surface area (Å²) in [5.74, 6) is 2.01. The highest BCUT2D eigenvalue weighted by atomic mass is 16.5. The van der Waals surface area contributed by atoms with Crippen LogP contribution in [0.1, 0.15) is 24.5 Å². The van der Waals surface area contributed by atoms with Crippen molar-refractivity contribution in [1.29, 1.82) is 0 Å². The van der Waals surface area contributed by atoms with Crippen LogP contribution in [0.3, 0.4) is 0 Å². The highest BCUT2D eigenvalue weighted by Gasteiger charge is 2.42. The van der Waals surface area contributed by atoms with Crippen LogP contribution in [-0.2, 0) is 4.74 Å². The minimum atomic E-state index is -0.504. The lowest BCUT2D eigenvalue weighted by atomic mass is 9.73. The van der Waals surface area contributed by atoms with E-state index in [1.54, 1.807) is 25.5 Å². The molecule has 3 aliphatic heterocycles. The largest absolute Gasteiger partial charge is 0.497 e. The van der Waals surface area contributed by atoms with Gasteiger partial charge >= 0.3 is 0 Å². The molecule has 2 bridgehead atoms. The highest BCUT2D eigenvalue weighted by molar-refractivity contribution is 5.83. The van der Waals surface area contributed by atoms with Crippen molar-refractivity contribution >= 4 is 10.9 Å². The maximum atomic E-state index is 11.2. The number of benzene rings is 1. The number of pyridine rings is 1. The van der Waals surface area contributed by atoms with Crippen LogP contribution < -0.4 is 4.74 Å². The van der Waals surface area contributed by atoms with E-state index in [9.17, 15) is 5.11 Å². The third-order valence-electron chi connectivity index (χ3n) is 6.29. The highest BCUT2D eigenvalue weighted by Crippen LogP contribution is 2.42. The molecule has 0 spiro atoms. The Balaban J connectivity index is 0.000000339. The van der Waals surface area contributed by atoms with Crippen LogP contribution in [0, 0.1) is 11.8 Å². The molecule has 5 nitrogen and oxygen atoms in total. The second kappa shape index (κ2) is 11.2. The van der Waals surface area contributed by atoms with Crippen LogP contribution in [0.2, 0.25) is 0 Å². The van der Waals surface area contributed by atoms with Gasteiger partial charge in [-0.3, -0.25) is 9.88 Å². The molecule has 3 saturated heterocycles. The van der Waals surface area contributed by atoms with E-state index < -0.39 is 6.10 Å². The molecular formula is C26H34N2O3. The summed E-state index contributed by atoms with van der Waals surface area (Å²) in [5, 5.41) is 12.1.